The maximum atomic E-state index is 12.6. The molecular weight excluding hydrogens is 332 g/mol. The molecule has 4 heteroatoms. The van der Waals surface area contributed by atoms with Gasteiger partial charge in [0, 0.05) is 41.4 Å². The van der Waals surface area contributed by atoms with Gasteiger partial charge in [0.05, 0.1) is 0 Å². The number of fused-ring (bicyclic) bond motifs is 1. The van der Waals surface area contributed by atoms with Gasteiger partial charge in [0.25, 0.3) is 5.91 Å². The van der Waals surface area contributed by atoms with E-state index in [-0.39, 0.29) is 5.91 Å². The van der Waals surface area contributed by atoms with Gasteiger partial charge in [-0.25, -0.2) is 0 Å². The van der Waals surface area contributed by atoms with E-state index in [2.05, 4.69) is 5.32 Å². The number of carbonyl (C=O) groups is 1. The first-order valence-electron chi connectivity index (χ1n) is 8.15. The predicted molar refractivity (Wildman–Crippen MR) is 106 cm³/mol. The molecule has 0 fully saturated rings. The van der Waals surface area contributed by atoms with E-state index in [9.17, 15) is 4.79 Å². The molecule has 3 rings (SSSR count). The van der Waals surface area contributed by atoms with Crippen molar-refractivity contribution < 1.29 is 4.79 Å². The first kappa shape index (κ1) is 17.3. The Morgan fingerprint density at radius 3 is 2.44 bits per heavy atom. The van der Waals surface area contributed by atoms with Crippen LogP contribution >= 0.6 is 11.6 Å². The van der Waals surface area contributed by atoms with Crippen molar-refractivity contribution in [3.8, 4) is 0 Å². The molecule has 0 spiro atoms. The molecule has 0 atom stereocenters. The lowest BCUT2D eigenvalue weighted by molar-refractivity contribution is 0.0829. The maximum absolute atomic E-state index is 12.6. The van der Waals surface area contributed by atoms with E-state index >= 15 is 0 Å². The molecule has 0 bridgehead atoms. The van der Waals surface area contributed by atoms with Crippen molar-refractivity contribution in [3.05, 3.63) is 70.2 Å². The van der Waals surface area contributed by atoms with Crippen LogP contribution in [0.1, 0.15) is 21.5 Å². The molecule has 1 N–H and O–H groups in total. The van der Waals surface area contributed by atoms with Crippen LogP contribution in [-0.2, 0) is 0 Å². The second kappa shape index (κ2) is 6.77. The summed E-state index contributed by atoms with van der Waals surface area (Å²) < 4.78 is 0. The van der Waals surface area contributed by atoms with Gasteiger partial charge < -0.3 is 10.2 Å². The lowest BCUT2D eigenvalue weighted by Gasteiger charge is -2.17. The summed E-state index contributed by atoms with van der Waals surface area (Å²) in [6.45, 7) is 4.01. The van der Waals surface area contributed by atoms with Crippen molar-refractivity contribution in [2.75, 3.05) is 19.4 Å². The van der Waals surface area contributed by atoms with E-state index < -0.39 is 0 Å². The van der Waals surface area contributed by atoms with E-state index in [0.717, 1.165) is 43.9 Å². The fourth-order valence-electron chi connectivity index (χ4n) is 3.00. The summed E-state index contributed by atoms with van der Waals surface area (Å²) in [4.78, 5) is 14.2. The number of amides is 1. The third kappa shape index (κ3) is 3.33. The monoisotopic (exact) mass is 352 g/mol. The molecule has 128 valence electrons. The van der Waals surface area contributed by atoms with E-state index in [1.807, 2.05) is 62.4 Å². The number of anilines is 2. The number of halogens is 1. The summed E-state index contributed by atoms with van der Waals surface area (Å²) in [5, 5.41) is 6.21. The van der Waals surface area contributed by atoms with Gasteiger partial charge in [-0.3, -0.25) is 4.79 Å². The van der Waals surface area contributed by atoms with Gasteiger partial charge in [-0.2, -0.15) is 0 Å². The third-order valence-electron chi connectivity index (χ3n) is 4.32. The number of aryl methyl sites for hydroxylation is 2. The number of nitrogens with one attached hydrogen (secondary N) is 1. The molecule has 0 aliphatic heterocycles. The molecule has 0 aromatic heterocycles. The van der Waals surface area contributed by atoms with E-state index in [1.165, 1.54) is 0 Å². The predicted octanol–water partition coefficient (Wildman–Crippen LogP) is 5.56. The molecule has 3 aromatic rings. The number of carbonyl (C=O) groups excluding carboxylic acids is 1. The first-order valence-corrected chi connectivity index (χ1v) is 8.53. The molecule has 1 amide bonds. The fourth-order valence-corrected chi connectivity index (χ4v) is 3.11. The lowest BCUT2D eigenvalue weighted by Crippen LogP contribution is -2.22. The van der Waals surface area contributed by atoms with Crippen molar-refractivity contribution >= 4 is 39.7 Å². The largest absolute Gasteiger partial charge is 0.355 e. The van der Waals surface area contributed by atoms with Crippen LogP contribution in [0.4, 0.5) is 11.4 Å². The Hall–Kier alpha value is -2.52. The molecule has 0 saturated heterocycles. The molecule has 0 aliphatic carbocycles. The number of benzene rings is 3. The highest BCUT2D eigenvalue weighted by molar-refractivity contribution is 6.31. The van der Waals surface area contributed by atoms with Crippen LogP contribution in [0.25, 0.3) is 10.8 Å². The fraction of sp³-hybridized carbons (Fsp3) is 0.190. The van der Waals surface area contributed by atoms with E-state index in [4.69, 9.17) is 11.6 Å². The Labute approximate surface area is 153 Å². The third-order valence-corrected chi connectivity index (χ3v) is 4.75. The second-order valence-corrected chi connectivity index (χ2v) is 6.85. The van der Waals surface area contributed by atoms with Crippen molar-refractivity contribution in [1.82, 2.24) is 4.90 Å². The second-order valence-electron chi connectivity index (χ2n) is 6.45. The molecule has 0 radical (unpaired) electrons. The van der Waals surface area contributed by atoms with Gasteiger partial charge in [0.2, 0.25) is 0 Å². The van der Waals surface area contributed by atoms with E-state index in [0.29, 0.717) is 0 Å². The number of hydrogen-bond acceptors (Lipinski definition) is 2. The maximum Gasteiger partial charge on any atom is 0.253 e. The van der Waals surface area contributed by atoms with Gasteiger partial charge in [-0.05, 0) is 60.7 Å². The van der Waals surface area contributed by atoms with Crippen LogP contribution < -0.4 is 5.32 Å². The molecule has 3 aromatic carbocycles. The van der Waals surface area contributed by atoms with Gasteiger partial charge in [0.15, 0.2) is 0 Å². The summed E-state index contributed by atoms with van der Waals surface area (Å²) >= 11 is 6.11. The van der Waals surface area contributed by atoms with Gasteiger partial charge in [0.1, 0.15) is 0 Å². The molecule has 3 nitrogen and oxygen atoms in total. The summed E-state index contributed by atoms with van der Waals surface area (Å²) in [5.74, 6) is 0.00758. The van der Waals surface area contributed by atoms with E-state index in [1.54, 1.807) is 19.0 Å². The average molecular weight is 353 g/mol. The average Bonchev–Trinajstić information content (AvgIpc) is 2.58. The summed E-state index contributed by atoms with van der Waals surface area (Å²) in [7, 11) is 3.55. The number of rotatable bonds is 3. The van der Waals surface area contributed by atoms with Crippen LogP contribution in [0.15, 0.2) is 48.5 Å². The molecule has 25 heavy (non-hydrogen) atoms. The van der Waals surface area contributed by atoms with Gasteiger partial charge in [-0.1, -0.05) is 29.8 Å². The van der Waals surface area contributed by atoms with Crippen LogP contribution in [0.2, 0.25) is 5.02 Å². The minimum atomic E-state index is 0.00758. The Bertz CT molecular complexity index is 964. The SMILES string of the molecule is Cc1cc(Nc2ccc(C(=O)N(C)C)c3c(C)cccc23)ccc1Cl. The lowest BCUT2D eigenvalue weighted by atomic mass is 9.97. The summed E-state index contributed by atoms with van der Waals surface area (Å²) in [6.07, 6.45) is 0. The van der Waals surface area contributed by atoms with Crippen LogP contribution in [0, 0.1) is 13.8 Å². The zero-order valence-corrected chi connectivity index (χ0v) is 15.6. The standard InChI is InChI=1S/C21H21ClN2O/c1-13-6-5-7-16-19(23-15-8-10-18(22)14(2)12-15)11-9-17(20(13)16)21(25)24(3)4/h5-12,23H,1-4H3. The summed E-state index contributed by atoms with van der Waals surface area (Å²) in [6, 6.07) is 15.8. The zero-order valence-electron chi connectivity index (χ0n) is 14.9. The molecule has 0 aliphatic rings. The van der Waals surface area contributed by atoms with Crippen molar-refractivity contribution in [2.45, 2.75) is 13.8 Å². The Balaban J connectivity index is 2.14. The Morgan fingerprint density at radius 1 is 1.00 bits per heavy atom. The van der Waals surface area contributed by atoms with Crippen LogP contribution in [0.5, 0.6) is 0 Å². The number of nitrogens with zero attached hydrogens (tertiary/aromatic N) is 1. The van der Waals surface area contributed by atoms with Gasteiger partial charge in [-0.15, -0.1) is 0 Å². The van der Waals surface area contributed by atoms with Crippen molar-refractivity contribution in [2.24, 2.45) is 0 Å². The van der Waals surface area contributed by atoms with Crippen molar-refractivity contribution in [1.29, 1.82) is 0 Å². The zero-order chi connectivity index (χ0) is 18.1. The minimum absolute atomic E-state index is 0.00758. The smallest absolute Gasteiger partial charge is 0.253 e. The quantitative estimate of drug-likeness (QED) is 0.669. The topological polar surface area (TPSA) is 32.3 Å². The van der Waals surface area contributed by atoms with Crippen LogP contribution in [0.3, 0.4) is 0 Å². The Kier molecular flexibility index (Phi) is 4.69. The first-order chi connectivity index (χ1) is 11.9. The molecular formula is C21H21ClN2O. The highest BCUT2D eigenvalue weighted by Crippen LogP contribution is 2.32. The highest BCUT2D eigenvalue weighted by Gasteiger charge is 2.15. The normalized spacial score (nSPS) is 10.8. The highest BCUT2D eigenvalue weighted by atomic mass is 35.5. The minimum Gasteiger partial charge on any atom is -0.355 e. The number of hydrogen-bond donors (Lipinski definition) is 1. The van der Waals surface area contributed by atoms with Crippen LogP contribution in [-0.4, -0.2) is 24.9 Å². The van der Waals surface area contributed by atoms with Crippen molar-refractivity contribution in [3.63, 3.8) is 0 Å². The van der Waals surface area contributed by atoms with Gasteiger partial charge >= 0.3 is 0 Å². The molecule has 0 heterocycles. The Morgan fingerprint density at radius 2 is 1.76 bits per heavy atom. The summed E-state index contributed by atoms with van der Waals surface area (Å²) in [5.41, 5.74) is 4.76. The molecule has 0 unspecified atom stereocenters. The molecule has 0 saturated carbocycles.